The molecule has 0 aliphatic carbocycles. The molecule has 19 heavy (non-hydrogen) atoms. The number of carbonyl (C=O) groups excluding carboxylic acids is 1. The SMILES string of the molecule is CCCCCNC(=O)C(C)NC(C)CN(CC)CC. The molecule has 0 radical (unpaired) electrons. The molecule has 2 unspecified atom stereocenters. The van der Waals surface area contributed by atoms with E-state index in [-0.39, 0.29) is 11.9 Å². The van der Waals surface area contributed by atoms with E-state index in [0.717, 1.165) is 32.6 Å². The molecule has 0 aromatic rings. The molecule has 0 aromatic carbocycles. The minimum Gasteiger partial charge on any atom is -0.355 e. The van der Waals surface area contributed by atoms with Crippen LogP contribution in [0.3, 0.4) is 0 Å². The fourth-order valence-electron chi connectivity index (χ4n) is 2.16. The predicted octanol–water partition coefficient (Wildman–Crippen LogP) is 2.00. The summed E-state index contributed by atoms with van der Waals surface area (Å²) in [5.41, 5.74) is 0. The third kappa shape index (κ3) is 9.00. The molecule has 0 aromatic heterocycles. The predicted molar refractivity (Wildman–Crippen MR) is 82.4 cm³/mol. The fraction of sp³-hybridized carbons (Fsp3) is 0.933. The van der Waals surface area contributed by atoms with Crippen molar-refractivity contribution in [2.45, 2.75) is 66.0 Å². The summed E-state index contributed by atoms with van der Waals surface area (Å²) >= 11 is 0. The number of likely N-dealkylation sites (N-methyl/N-ethyl adjacent to an activating group) is 1. The highest BCUT2D eigenvalue weighted by Crippen LogP contribution is 1.95. The summed E-state index contributed by atoms with van der Waals surface area (Å²) in [7, 11) is 0. The van der Waals surface area contributed by atoms with E-state index >= 15 is 0 Å². The van der Waals surface area contributed by atoms with Crippen LogP contribution in [-0.2, 0) is 4.79 Å². The first-order valence-corrected chi connectivity index (χ1v) is 7.81. The van der Waals surface area contributed by atoms with E-state index in [4.69, 9.17) is 0 Å². The molecule has 0 bridgehead atoms. The minimum atomic E-state index is -0.118. The Morgan fingerprint density at radius 1 is 1.11 bits per heavy atom. The van der Waals surface area contributed by atoms with Crippen LogP contribution in [0.2, 0.25) is 0 Å². The molecular weight excluding hydrogens is 238 g/mol. The summed E-state index contributed by atoms with van der Waals surface area (Å²) < 4.78 is 0. The summed E-state index contributed by atoms with van der Waals surface area (Å²) in [4.78, 5) is 14.2. The molecule has 0 saturated heterocycles. The Hall–Kier alpha value is -0.610. The van der Waals surface area contributed by atoms with E-state index in [1.807, 2.05) is 6.92 Å². The van der Waals surface area contributed by atoms with Gasteiger partial charge in [-0.1, -0.05) is 33.6 Å². The van der Waals surface area contributed by atoms with Crippen molar-refractivity contribution in [1.29, 1.82) is 0 Å². The monoisotopic (exact) mass is 271 g/mol. The lowest BCUT2D eigenvalue weighted by atomic mass is 10.2. The molecule has 4 heteroatoms. The van der Waals surface area contributed by atoms with E-state index < -0.39 is 0 Å². The zero-order valence-corrected chi connectivity index (χ0v) is 13.5. The number of unbranched alkanes of at least 4 members (excludes halogenated alkanes) is 2. The molecule has 2 N–H and O–H groups in total. The molecule has 0 spiro atoms. The third-order valence-electron chi connectivity index (χ3n) is 3.43. The molecule has 0 aliphatic heterocycles. The molecule has 0 saturated carbocycles. The van der Waals surface area contributed by atoms with Gasteiger partial charge in [-0.05, 0) is 33.4 Å². The van der Waals surface area contributed by atoms with Crippen LogP contribution in [-0.4, -0.2) is 49.1 Å². The summed E-state index contributed by atoms with van der Waals surface area (Å²) in [5.74, 6) is 0.113. The van der Waals surface area contributed by atoms with Gasteiger partial charge in [-0.15, -0.1) is 0 Å². The van der Waals surface area contributed by atoms with Gasteiger partial charge in [0.05, 0.1) is 6.04 Å². The number of carbonyl (C=O) groups is 1. The molecule has 0 aliphatic rings. The maximum atomic E-state index is 11.9. The Morgan fingerprint density at radius 3 is 2.26 bits per heavy atom. The van der Waals surface area contributed by atoms with Crippen molar-refractivity contribution in [3.63, 3.8) is 0 Å². The second kappa shape index (κ2) is 11.2. The zero-order valence-electron chi connectivity index (χ0n) is 13.5. The molecule has 4 nitrogen and oxygen atoms in total. The quantitative estimate of drug-likeness (QED) is 0.565. The third-order valence-corrected chi connectivity index (χ3v) is 3.43. The van der Waals surface area contributed by atoms with Crippen molar-refractivity contribution >= 4 is 5.91 Å². The Bertz CT molecular complexity index is 229. The van der Waals surface area contributed by atoms with Crippen molar-refractivity contribution in [1.82, 2.24) is 15.5 Å². The first kappa shape index (κ1) is 18.4. The molecule has 114 valence electrons. The lowest BCUT2D eigenvalue weighted by molar-refractivity contribution is -0.122. The highest BCUT2D eigenvalue weighted by atomic mass is 16.2. The molecule has 0 rings (SSSR count). The van der Waals surface area contributed by atoms with Crippen LogP contribution in [0, 0.1) is 0 Å². The van der Waals surface area contributed by atoms with Gasteiger partial charge in [0.25, 0.3) is 0 Å². The van der Waals surface area contributed by atoms with Crippen molar-refractivity contribution in [3.8, 4) is 0 Å². The standard InChI is InChI=1S/C15H33N3O/c1-6-9-10-11-16-15(19)14(5)17-13(4)12-18(7-2)8-3/h13-14,17H,6-12H2,1-5H3,(H,16,19). The van der Waals surface area contributed by atoms with Crippen LogP contribution in [0.15, 0.2) is 0 Å². The summed E-state index contributed by atoms with van der Waals surface area (Å²) in [6, 6.07) is 0.212. The van der Waals surface area contributed by atoms with E-state index in [1.54, 1.807) is 0 Å². The second-order valence-electron chi connectivity index (χ2n) is 5.27. The molecular formula is C15H33N3O. The highest BCUT2D eigenvalue weighted by Gasteiger charge is 2.15. The van der Waals surface area contributed by atoms with E-state index in [1.165, 1.54) is 12.8 Å². The molecule has 1 amide bonds. The number of rotatable bonds is 11. The zero-order chi connectivity index (χ0) is 14.7. The minimum absolute atomic E-state index is 0.113. The van der Waals surface area contributed by atoms with Crippen molar-refractivity contribution in [2.24, 2.45) is 0 Å². The van der Waals surface area contributed by atoms with E-state index in [0.29, 0.717) is 6.04 Å². The normalized spacial score (nSPS) is 14.4. The van der Waals surface area contributed by atoms with Gasteiger partial charge in [0, 0.05) is 19.1 Å². The number of hydrogen-bond acceptors (Lipinski definition) is 3. The number of hydrogen-bond donors (Lipinski definition) is 2. The van der Waals surface area contributed by atoms with Gasteiger partial charge in [-0.2, -0.15) is 0 Å². The Labute approximate surface area is 119 Å². The van der Waals surface area contributed by atoms with Crippen LogP contribution < -0.4 is 10.6 Å². The van der Waals surface area contributed by atoms with E-state index in [9.17, 15) is 4.79 Å². The Morgan fingerprint density at radius 2 is 1.74 bits per heavy atom. The average molecular weight is 271 g/mol. The van der Waals surface area contributed by atoms with Gasteiger partial charge >= 0.3 is 0 Å². The van der Waals surface area contributed by atoms with Crippen LogP contribution in [0.1, 0.15) is 53.9 Å². The largest absolute Gasteiger partial charge is 0.355 e. The van der Waals surface area contributed by atoms with Gasteiger partial charge in [-0.3, -0.25) is 4.79 Å². The molecule has 0 fully saturated rings. The fourth-order valence-corrected chi connectivity index (χ4v) is 2.16. The van der Waals surface area contributed by atoms with Gasteiger partial charge in [0.2, 0.25) is 5.91 Å². The topological polar surface area (TPSA) is 44.4 Å². The molecule has 0 heterocycles. The summed E-state index contributed by atoms with van der Waals surface area (Å²) in [5, 5.41) is 6.35. The molecule has 2 atom stereocenters. The second-order valence-corrected chi connectivity index (χ2v) is 5.27. The van der Waals surface area contributed by atoms with Gasteiger partial charge in [-0.25, -0.2) is 0 Å². The van der Waals surface area contributed by atoms with Crippen molar-refractivity contribution < 1.29 is 4.79 Å². The van der Waals surface area contributed by atoms with Crippen molar-refractivity contribution in [3.05, 3.63) is 0 Å². The Kier molecular flexibility index (Phi) is 10.9. The van der Waals surface area contributed by atoms with Crippen LogP contribution in [0.4, 0.5) is 0 Å². The van der Waals surface area contributed by atoms with Crippen LogP contribution >= 0.6 is 0 Å². The number of amides is 1. The lowest BCUT2D eigenvalue weighted by Crippen LogP contribution is -2.49. The maximum absolute atomic E-state index is 11.9. The first-order chi connectivity index (χ1) is 9.04. The Balaban J connectivity index is 3.87. The van der Waals surface area contributed by atoms with E-state index in [2.05, 4.69) is 43.2 Å². The smallest absolute Gasteiger partial charge is 0.236 e. The van der Waals surface area contributed by atoms with Crippen LogP contribution in [0.5, 0.6) is 0 Å². The van der Waals surface area contributed by atoms with Gasteiger partial charge in [0.1, 0.15) is 0 Å². The average Bonchev–Trinajstić information content (AvgIpc) is 2.40. The summed E-state index contributed by atoms with van der Waals surface area (Å²) in [6.45, 7) is 14.5. The highest BCUT2D eigenvalue weighted by molar-refractivity contribution is 5.81. The number of nitrogens with zero attached hydrogens (tertiary/aromatic N) is 1. The lowest BCUT2D eigenvalue weighted by Gasteiger charge is -2.25. The van der Waals surface area contributed by atoms with Gasteiger partial charge < -0.3 is 15.5 Å². The van der Waals surface area contributed by atoms with Crippen LogP contribution in [0.25, 0.3) is 0 Å². The first-order valence-electron chi connectivity index (χ1n) is 7.81. The van der Waals surface area contributed by atoms with Crippen molar-refractivity contribution in [2.75, 3.05) is 26.2 Å². The van der Waals surface area contributed by atoms with Gasteiger partial charge in [0.15, 0.2) is 0 Å². The number of nitrogens with one attached hydrogen (secondary N) is 2. The maximum Gasteiger partial charge on any atom is 0.236 e. The summed E-state index contributed by atoms with van der Waals surface area (Å²) in [6.07, 6.45) is 3.44.